The smallest absolute Gasteiger partial charge is 0.126 e. The molecule has 1 N–H and O–H groups in total. The van der Waals surface area contributed by atoms with Gasteiger partial charge in [-0.1, -0.05) is 6.92 Å². The largest absolute Gasteiger partial charge is 0.369 e. The molecule has 0 spiro atoms. The summed E-state index contributed by atoms with van der Waals surface area (Å²) in [6, 6.07) is 4.46. The predicted molar refractivity (Wildman–Crippen MR) is 79.3 cm³/mol. The van der Waals surface area contributed by atoms with Crippen molar-refractivity contribution in [3.8, 4) is 0 Å². The Morgan fingerprint density at radius 1 is 1.47 bits per heavy atom. The van der Waals surface area contributed by atoms with Crippen LogP contribution in [0.25, 0.3) is 0 Å². The quantitative estimate of drug-likeness (QED) is 0.890. The van der Waals surface area contributed by atoms with Crippen LogP contribution in [-0.4, -0.2) is 19.1 Å². The van der Waals surface area contributed by atoms with Crippen LogP contribution in [0, 0.1) is 12.7 Å². The summed E-state index contributed by atoms with van der Waals surface area (Å²) in [4.78, 5) is 2.43. The molecular weight excluding hydrogens is 239 g/mol. The summed E-state index contributed by atoms with van der Waals surface area (Å²) in [6.45, 7) is 10.3. The molecular formula is C16H25FN2. The van der Waals surface area contributed by atoms with Crippen LogP contribution in [0.4, 0.5) is 10.1 Å². The van der Waals surface area contributed by atoms with Gasteiger partial charge in [0.05, 0.1) is 0 Å². The van der Waals surface area contributed by atoms with Crippen molar-refractivity contribution < 1.29 is 4.39 Å². The highest BCUT2D eigenvalue weighted by Gasteiger charge is 2.25. The third-order valence-corrected chi connectivity index (χ3v) is 4.15. The average Bonchev–Trinajstić information content (AvgIpc) is 2.78. The molecule has 1 fully saturated rings. The Balaban J connectivity index is 2.42. The van der Waals surface area contributed by atoms with Crippen LogP contribution in [0.15, 0.2) is 12.1 Å². The third kappa shape index (κ3) is 2.92. The van der Waals surface area contributed by atoms with Gasteiger partial charge in [0.25, 0.3) is 0 Å². The topological polar surface area (TPSA) is 15.3 Å². The van der Waals surface area contributed by atoms with Crippen molar-refractivity contribution in [3.05, 3.63) is 29.1 Å². The van der Waals surface area contributed by atoms with Gasteiger partial charge in [-0.25, -0.2) is 4.39 Å². The Morgan fingerprint density at radius 2 is 2.21 bits per heavy atom. The predicted octanol–water partition coefficient (Wildman–Crippen LogP) is 3.79. The van der Waals surface area contributed by atoms with Crippen molar-refractivity contribution in [2.75, 3.05) is 18.0 Å². The van der Waals surface area contributed by atoms with E-state index in [1.54, 1.807) is 6.07 Å². The Morgan fingerprint density at radius 3 is 2.79 bits per heavy atom. The van der Waals surface area contributed by atoms with Gasteiger partial charge >= 0.3 is 0 Å². The van der Waals surface area contributed by atoms with Crippen LogP contribution in [0.1, 0.15) is 50.8 Å². The van der Waals surface area contributed by atoms with Crippen LogP contribution in [0.5, 0.6) is 0 Å². The van der Waals surface area contributed by atoms with E-state index in [0.717, 1.165) is 24.2 Å². The standard InChI is InChI=1S/C16H25FN2/c1-5-18-13(4)14-10-15(17)11(2)9-16(14)19-8-6-7-12(19)3/h9-10,12-13,18H,5-8H2,1-4H3. The maximum atomic E-state index is 13.9. The fourth-order valence-electron chi connectivity index (χ4n) is 2.98. The van der Waals surface area contributed by atoms with Crippen molar-refractivity contribution in [2.24, 2.45) is 0 Å². The lowest BCUT2D eigenvalue weighted by Gasteiger charge is -2.29. The Kier molecular flexibility index (Phi) is 4.46. The van der Waals surface area contributed by atoms with Gasteiger partial charge in [-0.3, -0.25) is 0 Å². The number of anilines is 1. The van der Waals surface area contributed by atoms with Crippen molar-refractivity contribution in [2.45, 2.75) is 52.6 Å². The lowest BCUT2D eigenvalue weighted by molar-refractivity contribution is 0.576. The first-order valence-corrected chi connectivity index (χ1v) is 7.34. The second-order valence-corrected chi connectivity index (χ2v) is 5.62. The highest BCUT2D eigenvalue weighted by Crippen LogP contribution is 2.33. The van der Waals surface area contributed by atoms with Crippen LogP contribution in [0.3, 0.4) is 0 Å². The fourth-order valence-corrected chi connectivity index (χ4v) is 2.98. The summed E-state index contributed by atoms with van der Waals surface area (Å²) >= 11 is 0. The summed E-state index contributed by atoms with van der Waals surface area (Å²) in [5, 5.41) is 3.39. The first-order chi connectivity index (χ1) is 9.04. The second-order valence-electron chi connectivity index (χ2n) is 5.62. The summed E-state index contributed by atoms with van der Waals surface area (Å²) < 4.78 is 13.9. The molecule has 2 atom stereocenters. The van der Waals surface area contributed by atoms with Gasteiger partial charge in [0.15, 0.2) is 0 Å². The molecule has 0 bridgehead atoms. The second kappa shape index (κ2) is 5.91. The zero-order valence-electron chi connectivity index (χ0n) is 12.5. The molecule has 0 aromatic heterocycles. The van der Waals surface area contributed by atoms with Crippen molar-refractivity contribution in [3.63, 3.8) is 0 Å². The molecule has 2 unspecified atom stereocenters. The molecule has 1 aromatic rings. The summed E-state index contributed by atoms with van der Waals surface area (Å²) in [5.41, 5.74) is 3.03. The fraction of sp³-hybridized carbons (Fsp3) is 0.625. The van der Waals surface area contributed by atoms with E-state index in [1.807, 2.05) is 13.0 Å². The van der Waals surface area contributed by atoms with Crippen molar-refractivity contribution >= 4 is 5.69 Å². The number of aryl methyl sites for hydroxylation is 1. The van der Waals surface area contributed by atoms with E-state index in [9.17, 15) is 4.39 Å². The molecule has 1 aromatic carbocycles. The maximum Gasteiger partial charge on any atom is 0.126 e. The first-order valence-electron chi connectivity index (χ1n) is 7.34. The lowest BCUT2D eigenvalue weighted by Crippen LogP contribution is -2.29. The van der Waals surface area contributed by atoms with E-state index in [-0.39, 0.29) is 11.9 Å². The van der Waals surface area contributed by atoms with Gasteiger partial charge in [-0.15, -0.1) is 0 Å². The minimum absolute atomic E-state index is 0.102. The van der Waals surface area contributed by atoms with Crippen LogP contribution < -0.4 is 10.2 Å². The summed E-state index contributed by atoms with van der Waals surface area (Å²) in [5.74, 6) is -0.102. The number of halogens is 1. The molecule has 106 valence electrons. The highest BCUT2D eigenvalue weighted by molar-refractivity contribution is 5.58. The first kappa shape index (κ1) is 14.3. The highest BCUT2D eigenvalue weighted by atomic mass is 19.1. The average molecular weight is 264 g/mol. The van der Waals surface area contributed by atoms with Gasteiger partial charge in [0, 0.05) is 24.3 Å². The van der Waals surface area contributed by atoms with Gasteiger partial charge in [0.1, 0.15) is 5.82 Å². The lowest BCUT2D eigenvalue weighted by atomic mass is 10.0. The van der Waals surface area contributed by atoms with E-state index < -0.39 is 0 Å². The van der Waals surface area contributed by atoms with Gasteiger partial charge in [0.2, 0.25) is 0 Å². The van der Waals surface area contributed by atoms with Gasteiger partial charge in [-0.05, 0) is 63.4 Å². The number of rotatable bonds is 4. The van der Waals surface area contributed by atoms with Gasteiger partial charge in [-0.2, -0.15) is 0 Å². The molecule has 0 amide bonds. The van der Waals surface area contributed by atoms with E-state index in [2.05, 4.69) is 31.0 Å². The molecule has 0 radical (unpaired) electrons. The molecule has 0 aliphatic carbocycles. The number of nitrogens with zero attached hydrogens (tertiary/aromatic N) is 1. The number of hydrogen-bond donors (Lipinski definition) is 1. The Labute approximate surface area is 116 Å². The number of nitrogens with one attached hydrogen (secondary N) is 1. The third-order valence-electron chi connectivity index (χ3n) is 4.15. The molecule has 1 saturated heterocycles. The van der Waals surface area contributed by atoms with Crippen LogP contribution in [-0.2, 0) is 0 Å². The molecule has 19 heavy (non-hydrogen) atoms. The van der Waals surface area contributed by atoms with Crippen molar-refractivity contribution in [1.82, 2.24) is 5.32 Å². The van der Waals surface area contributed by atoms with Crippen molar-refractivity contribution in [1.29, 1.82) is 0 Å². The zero-order chi connectivity index (χ0) is 14.0. The monoisotopic (exact) mass is 264 g/mol. The molecule has 1 aliphatic rings. The zero-order valence-corrected chi connectivity index (χ0v) is 12.5. The van der Waals surface area contributed by atoms with Crippen LogP contribution >= 0.6 is 0 Å². The number of hydrogen-bond acceptors (Lipinski definition) is 2. The van der Waals surface area contributed by atoms with E-state index >= 15 is 0 Å². The maximum absolute atomic E-state index is 13.9. The molecule has 1 heterocycles. The van der Waals surface area contributed by atoms with Crippen LogP contribution in [0.2, 0.25) is 0 Å². The van der Waals surface area contributed by atoms with Gasteiger partial charge < -0.3 is 10.2 Å². The summed E-state index contributed by atoms with van der Waals surface area (Å²) in [7, 11) is 0. The molecule has 2 rings (SSSR count). The minimum atomic E-state index is -0.102. The Hall–Kier alpha value is -1.09. The van der Waals surface area contributed by atoms with E-state index in [0.29, 0.717) is 6.04 Å². The summed E-state index contributed by atoms with van der Waals surface area (Å²) in [6.07, 6.45) is 2.46. The molecule has 0 saturated carbocycles. The normalized spacial score (nSPS) is 20.9. The SMILES string of the molecule is CCNC(C)c1cc(F)c(C)cc1N1CCCC1C. The Bertz CT molecular complexity index is 445. The van der Waals surface area contributed by atoms with E-state index in [1.165, 1.54) is 18.5 Å². The molecule has 3 heteroatoms. The minimum Gasteiger partial charge on any atom is -0.369 e. The molecule has 2 nitrogen and oxygen atoms in total. The number of benzene rings is 1. The molecule has 1 aliphatic heterocycles. The van der Waals surface area contributed by atoms with E-state index in [4.69, 9.17) is 0 Å².